The van der Waals surface area contributed by atoms with E-state index in [1.54, 1.807) is 0 Å². The van der Waals surface area contributed by atoms with E-state index in [4.69, 9.17) is 0 Å². The molecule has 0 aliphatic carbocycles. The third kappa shape index (κ3) is 29.5. The molecule has 0 aromatic heterocycles. The van der Waals surface area contributed by atoms with Crippen molar-refractivity contribution in [2.75, 3.05) is 55.4 Å². The van der Waals surface area contributed by atoms with E-state index in [0.29, 0.717) is 0 Å². The fourth-order valence-corrected chi connectivity index (χ4v) is 1.53. The van der Waals surface area contributed by atoms with Crippen LogP contribution in [0.2, 0.25) is 0 Å². The molecule has 0 spiro atoms. The van der Waals surface area contributed by atoms with Gasteiger partial charge in [0.15, 0.2) is 0 Å². The fraction of sp³-hybridized carbons (Fsp3) is 0.929. The third-order valence-electron chi connectivity index (χ3n) is 2.41. The molecule has 0 saturated heterocycles. The van der Waals surface area contributed by atoms with Gasteiger partial charge in [-0.25, -0.2) is 0 Å². The summed E-state index contributed by atoms with van der Waals surface area (Å²) in [6.07, 6.45) is 5.55. The highest BCUT2D eigenvalue weighted by Gasteiger charge is 2.07. The summed E-state index contributed by atoms with van der Waals surface area (Å²) in [5, 5.41) is 0. The minimum atomic E-state index is -0.333. The monoisotopic (exact) mass is 261 g/mol. The first-order valence-corrected chi connectivity index (χ1v) is 6.81. The SMILES string of the molecule is CC(N)=O.C[N+](C)(C)CCCCCC[N+](C)(C)C. The molecular formula is C14H35N3O+2. The summed E-state index contributed by atoms with van der Waals surface area (Å²) in [7, 11) is 13.6. The Bertz CT molecular complexity index is 192. The maximum atomic E-state index is 9.22. The van der Waals surface area contributed by atoms with Crippen LogP contribution in [0.15, 0.2) is 0 Å². The Balaban J connectivity index is 0. The molecule has 1 amide bonds. The van der Waals surface area contributed by atoms with Crippen LogP contribution in [0.25, 0.3) is 0 Å². The van der Waals surface area contributed by atoms with Crippen molar-refractivity contribution >= 4 is 5.91 Å². The Morgan fingerprint density at radius 3 is 1.17 bits per heavy atom. The van der Waals surface area contributed by atoms with E-state index >= 15 is 0 Å². The van der Waals surface area contributed by atoms with Gasteiger partial charge in [0.25, 0.3) is 0 Å². The second-order valence-corrected chi connectivity index (χ2v) is 7.05. The average molecular weight is 261 g/mol. The summed E-state index contributed by atoms with van der Waals surface area (Å²) >= 11 is 0. The Hall–Kier alpha value is -0.610. The molecule has 0 rings (SSSR count). The fourth-order valence-electron chi connectivity index (χ4n) is 1.53. The van der Waals surface area contributed by atoms with Crippen molar-refractivity contribution in [3.05, 3.63) is 0 Å². The average Bonchev–Trinajstić information content (AvgIpc) is 2.06. The van der Waals surface area contributed by atoms with Crippen LogP contribution in [-0.2, 0) is 4.79 Å². The lowest BCUT2D eigenvalue weighted by molar-refractivity contribution is -0.871. The van der Waals surface area contributed by atoms with E-state index in [0.717, 1.165) is 8.97 Å². The summed E-state index contributed by atoms with van der Waals surface area (Å²) in [6.45, 7) is 3.93. The van der Waals surface area contributed by atoms with E-state index < -0.39 is 0 Å². The zero-order valence-electron chi connectivity index (χ0n) is 13.6. The van der Waals surface area contributed by atoms with E-state index in [1.165, 1.54) is 45.7 Å². The van der Waals surface area contributed by atoms with Crippen LogP contribution >= 0.6 is 0 Å². The number of carbonyl (C=O) groups excluding carboxylic acids is 1. The molecule has 0 unspecified atom stereocenters. The lowest BCUT2D eigenvalue weighted by atomic mass is 10.1. The second kappa shape index (κ2) is 9.34. The van der Waals surface area contributed by atoms with Gasteiger partial charge in [-0.05, 0) is 25.7 Å². The summed E-state index contributed by atoms with van der Waals surface area (Å²) in [5.41, 5.74) is 4.47. The van der Waals surface area contributed by atoms with Gasteiger partial charge in [0.2, 0.25) is 5.91 Å². The highest BCUT2D eigenvalue weighted by molar-refractivity contribution is 5.70. The first kappa shape index (κ1) is 19.7. The Morgan fingerprint density at radius 1 is 0.778 bits per heavy atom. The molecule has 0 atom stereocenters. The lowest BCUT2D eigenvalue weighted by Gasteiger charge is -2.25. The highest BCUT2D eigenvalue weighted by atomic mass is 16.1. The van der Waals surface area contributed by atoms with Crippen molar-refractivity contribution in [1.29, 1.82) is 0 Å². The Labute approximate surface area is 114 Å². The molecule has 18 heavy (non-hydrogen) atoms. The maximum absolute atomic E-state index is 9.22. The van der Waals surface area contributed by atoms with E-state index in [2.05, 4.69) is 48.0 Å². The molecule has 0 fully saturated rings. The van der Waals surface area contributed by atoms with E-state index in [9.17, 15) is 4.79 Å². The number of amides is 1. The van der Waals surface area contributed by atoms with Gasteiger partial charge in [0.1, 0.15) is 0 Å². The van der Waals surface area contributed by atoms with Gasteiger partial charge in [-0.15, -0.1) is 0 Å². The molecule has 2 N–H and O–H groups in total. The van der Waals surface area contributed by atoms with E-state index in [1.807, 2.05) is 0 Å². The third-order valence-corrected chi connectivity index (χ3v) is 2.41. The molecule has 4 heteroatoms. The van der Waals surface area contributed by atoms with Gasteiger partial charge in [-0.1, -0.05) is 0 Å². The van der Waals surface area contributed by atoms with Gasteiger partial charge >= 0.3 is 0 Å². The smallest absolute Gasteiger partial charge is 0.214 e. The highest BCUT2D eigenvalue weighted by Crippen LogP contribution is 2.05. The predicted octanol–water partition coefficient (Wildman–Crippen LogP) is 1.45. The summed E-state index contributed by atoms with van der Waals surface area (Å²) in [6, 6.07) is 0. The number of unbranched alkanes of at least 4 members (excludes halogenated alkanes) is 3. The number of quaternary nitrogens is 2. The summed E-state index contributed by atoms with van der Waals surface area (Å²) in [5.74, 6) is -0.333. The first-order chi connectivity index (χ1) is 7.94. The predicted molar refractivity (Wildman–Crippen MR) is 79.1 cm³/mol. The standard InChI is InChI=1S/C12H30N2.C2H5NO/c1-13(2,3)11-9-7-8-10-12-14(4,5)6;1-2(3)4/h7-12H2,1-6H3;1H3,(H2,3,4)/q+2;. The number of nitrogens with zero attached hydrogens (tertiary/aromatic N) is 2. The van der Waals surface area contributed by atoms with Crippen molar-refractivity contribution in [2.24, 2.45) is 5.73 Å². The molecule has 0 aromatic rings. The molecule has 0 aromatic carbocycles. The largest absolute Gasteiger partial charge is 0.370 e. The number of primary amides is 1. The van der Waals surface area contributed by atoms with Gasteiger partial charge < -0.3 is 14.7 Å². The van der Waals surface area contributed by atoms with Crippen LogP contribution in [0.3, 0.4) is 0 Å². The van der Waals surface area contributed by atoms with Crippen molar-refractivity contribution in [1.82, 2.24) is 0 Å². The topological polar surface area (TPSA) is 43.1 Å². The van der Waals surface area contributed by atoms with Crippen LogP contribution in [0.5, 0.6) is 0 Å². The molecule has 0 heterocycles. The van der Waals surface area contributed by atoms with Gasteiger partial charge in [-0.2, -0.15) is 0 Å². The van der Waals surface area contributed by atoms with Crippen molar-refractivity contribution in [2.45, 2.75) is 32.6 Å². The van der Waals surface area contributed by atoms with Crippen LogP contribution in [0.4, 0.5) is 0 Å². The summed E-state index contributed by atoms with van der Waals surface area (Å²) in [4.78, 5) is 9.22. The van der Waals surface area contributed by atoms with Crippen LogP contribution in [0.1, 0.15) is 32.6 Å². The molecule has 0 aliphatic rings. The van der Waals surface area contributed by atoms with Crippen LogP contribution in [-0.4, -0.2) is 70.2 Å². The van der Waals surface area contributed by atoms with Gasteiger partial charge in [0, 0.05) is 6.92 Å². The molecular weight excluding hydrogens is 226 g/mol. The maximum Gasteiger partial charge on any atom is 0.214 e. The first-order valence-electron chi connectivity index (χ1n) is 6.81. The number of carbonyl (C=O) groups is 1. The van der Waals surface area contributed by atoms with Gasteiger partial charge in [-0.3, -0.25) is 4.79 Å². The molecule has 4 nitrogen and oxygen atoms in total. The molecule has 0 radical (unpaired) electrons. The quantitative estimate of drug-likeness (QED) is 0.547. The normalized spacial score (nSPS) is 11.7. The van der Waals surface area contributed by atoms with Crippen molar-refractivity contribution in [3.8, 4) is 0 Å². The van der Waals surface area contributed by atoms with E-state index in [-0.39, 0.29) is 5.91 Å². The van der Waals surface area contributed by atoms with Crippen molar-refractivity contribution in [3.63, 3.8) is 0 Å². The number of nitrogens with two attached hydrogens (primary N) is 1. The molecule has 0 aliphatic heterocycles. The minimum Gasteiger partial charge on any atom is -0.370 e. The minimum absolute atomic E-state index is 0.333. The summed E-state index contributed by atoms with van der Waals surface area (Å²) < 4.78 is 2.21. The zero-order valence-corrected chi connectivity index (χ0v) is 13.6. The molecule has 0 saturated carbocycles. The number of rotatable bonds is 7. The van der Waals surface area contributed by atoms with Crippen LogP contribution < -0.4 is 5.73 Å². The van der Waals surface area contributed by atoms with Gasteiger partial charge in [0.05, 0.1) is 55.4 Å². The number of hydrogen-bond acceptors (Lipinski definition) is 1. The molecule has 110 valence electrons. The Kier molecular flexibility index (Phi) is 10.2. The number of hydrogen-bond donors (Lipinski definition) is 1. The van der Waals surface area contributed by atoms with Crippen molar-refractivity contribution < 1.29 is 13.8 Å². The second-order valence-electron chi connectivity index (χ2n) is 7.05. The Morgan fingerprint density at radius 2 is 1.00 bits per heavy atom. The van der Waals surface area contributed by atoms with Crippen LogP contribution in [0, 0.1) is 0 Å². The molecule has 0 bridgehead atoms. The lowest BCUT2D eigenvalue weighted by Crippen LogP contribution is -2.35. The zero-order chi connectivity index (χ0) is 14.8.